The van der Waals surface area contributed by atoms with E-state index < -0.39 is 17.7 Å². The minimum Gasteiger partial charge on any atom is -0.478 e. The summed E-state index contributed by atoms with van der Waals surface area (Å²) in [6.45, 7) is 1.92. The van der Waals surface area contributed by atoms with Gasteiger partial charge >= 0.3 is 5.97 Å². The maximum Gasteiger partial charge on any atom is 0.335 e. The van der Waals surface area contributed by atoms with E-state index >= 15 is 0 Å². The molecule has 2 aromatic rings. The third-order valence-electron chi connectivity index (χ3n) is 2.80. The maximum absolute atomic E-state index is 13.6. The molecule has 0 bridgehead atoms. The lowest BCUT2D eigenvalue weighted by Gasteiger charge is -2.07. The van der Waals surface area contributed by atoms with Gasteiger partial charge in [-0.2, -0.15) is 0 Å². The van der Waals surface area contributed by atoms with Crippen molar-refractivity contribution in [2.45, 2.75) is 13.3 Å². The molecule has 1 amide bonds. The van der Waals surface area contributed by atoms with Gasteiger partial charge in [-0.05, 0) is 41.6 Å². The predicted octanol–water partition coefficient (Wildman–Crippen LogP) is 3.40. The lowest BCUT2D eigenvalue weighted by atomic mass is 10.1. The highest BCUT2D eigenvalue weighted by molar-refractivity contribution is 7.12. The van der Waals surface area contributed by atoms with Crippen molar-refractivity contribution in [2.24, 2.45) is 0 Å². The number of hydrogen-bond donors (Lipinski definition) is 2. The Kier molecular flexibility index (Phi) is 4.14. The number of halogens is 1. The number of hydrogen-bond acceptors (Lipinski definition) is 3. The average molecular weight is 293 g/mol. The zero-order chi connectivity index (χ0) is 14.7. The van der Waals surface area contributed by atoms with Gasteiger partial charge in [-0.3, -0.25) is 4.79 Å². The smallest absolute Gasteiger partial charge is 0.335 e. The standard InChI is InChI=1S/C14H12FNO3S/c1-2-8-5-6-20-12(8)13(17)16-11-7-9(14(18)19)3-4-10(11)15/h3-7H,2H2,1H3,(H,16,17)(H,18,19). The van der Waals surface area contributed by atoms with Gasteiger partial charge in [-0.1, -0.05) is 6.92 Å². The second kappa shape index (κ2) is 5.83. The molecule has 0 aliphatic carbocycles. The van der Waals surface area contributed by atoms with Crippen LogP contribution in [-0.2, 0) is 6.42 Å². The van der Waals surface area contributed by atoms with E-state index in [2.05, 4.69) is 5.32 Å². The molecule has 20 heavy (non-hydrogen) atoms. The fourth-order valence-corrected chi connectivity index (χ4v) is 2.64. The number of anilines is 1. The van der Waals surface area contributed by atoms with Crippen molar-refractivity contribution in [3.05, 3.63) is 51.5 Å². The van der Waals surface area contributed by atoms with Crippen molar-refractivity contribution in [3.8, 4) is 0 Å². The van der Waals surface area contributed by atoms with Crippen molar-refractivity contribution in [1.82, 2.24) is 0 Å². The Balaban J connectivity index is 2.28. The van der Waals surface area contributed by atoms with Crippen LogP contribution in [0.4, 0.5) is 10.1 Å². The van der Waals surface area contributed by atoms with Crippen molar-refractivity contribution in [1.29, 1.82) is 0 Å². The van der Waals surface area contributed by atoms with Crippen LogP contribution < -0.4 is 5.32 Å². The number of thiophene rings is 1. The molecule has 2 N–H and O–H groups in total. The molecule has 0 unspecified atom stereocenters. The number of carboxylic acid groups (broad SMARTS) is 1. The SMILES string of the molecule is CCc1ccsc1C(=O)Nc1cc(C(=O)O)ccc1F. The molecule has 104 valence electrons. The Bertz CT molecular complexity index is 666. The summed E-state index contributed by atoms with van der Waals surface area (Å²) < 4.78 is 13.6. The lowest BCUT2D eigenvalue weighted by Crippen LogP contribution is -2.13. The van der Waals surface area contributed by atoms with E-state index in [1.807, 2.05) is 13.0 Å². The topological polar surface area (TPSA) is 66.4 Å². The van der Waals surface area contributed by atoms with Gasteiger partial charge in [0.25, 0.3) is 5.91 Å². The molecule has 0 aliphatic heterocycles. The van der Waals surface area contributed by atoms with Crippen LogP contribution in [0, 0.1) is 5.82 Å². The Hall–Kier alpha value is -2.21. The molecule has 1 aromatic heterocycles. The van der Waals surface area contributed by atoms with Crippen molar-refractivity contribution in [3.63, 3.8) is 0 Å². The fraction of sp³-hybridized carbons (Fsp3) is 0.143. The Morgan fingerprint density at radius 2 is 2.10 bits per heavy atom. The Morgan fingerprint density at radius 1 is 1.35 bits per heavy atom. The van der Waals surface area contributed by atoms with Crippen LogP contribution in [0.3, 0.4) is 0 Å². The quantitative estimate of drug-likeness (QED) is 0.908. The molecule has 2 rings (SSSR count). The molecule has 1 heterocycles. The van der Waals surface area contributed by atoms with E-state index in [4.69, 9.17) is 5.11 Å². The zero-order valence-electron chi connectivity index (χ0n) is 10.6. The van der Waals surface area contributed by atoms with E-state index in [-0.39, 0.29) is 11.3 Å². The summed E-state index contributed by atoms with van der Waals surface area (Å²) >= 11 is 1.27. The first-order valence-electron chi connectivity index (χ1n) is 5.93. The number of carbonyl (C=O) groups is 2. The molecule has 0 fully saturated rings. The number of carbonyl (C=O) groups excluding carboxylic acids is 1. The Labute approximate surface area is 118 Å². The summed E-state index contributed by atoms with van der Waals surface area (Å²) in [5, 5.41) is 13.1. The second-order valence-electron chi connectivity index (χ2n) is 4.08. The minimum atomic E-state index is -1.18. The molecule has 1 aromatic carbocycles. The van der Waals surface area contributed by atoms with Crippen LogP contribution in [0.15, 0.2) is 29.6 Å². The monoisotopic (exact) mass is 293 g/mol. The lowest BCUT2D eigenvalue weighted by molar-refractivity contribution is 0.0696. The normalized spacial score (nSPS) is 10.3. The first-order chi connectivity index (χ1) is 9.52. The molecule has 0 aliphatic rings. The number of aromatic carboxylic acids is 1. The highest BCUT2D eigenvalue weighted by Crippen LogP contribution is 2.21. The molecule has 0 atom stereocenters. The van der Waals surface area contributed by atoms with E-state index in [1.165, 1.54) is 11.3 Å². The van der Waals surface area contributed by atoms with Gasteiger partial charge in [-0.15, -0.1) is 11.3 Å². The van der Waals surface area contributed by atoms with Crippen LogP contribution in [0.25, 0.3) is 0 Å². The van der Waals surface area contributed by atoms with E-state index in [0.29, 0.717) is 11.3 Å². The first kappa shape index (κ1) is 14.2. The highest BCUT2D eigenvalue weighted by Gasteiger charge is 2.15. The zero-order valence-corrected chi connectivity index (χ0v) is 11.5. The van der Waals surface area contributed by atoms with Gasteiger partial charge in [0.1, 0.15) is 5.82 Å². The molecule has 0 spiro atoms. The van der Waals surface area contributed by atoms with Crippen LogP contribution in [0.5, 0.6) is 0 Å². The number of rotatable bonds is 4. The number of benzene rings is 1. The van der Waals surface area contributed by atoms with Crippen molar-refractivity contribution < 1.29 is 19.1 Å². The molecular weight excluding hydrogens is 281 g/mol. The van der Waals surface area contributed by atoms with Crippen molar-refractivity contribution >= 4 is 28.9 Å². The summed E-state index contributed by atoms with van der Waals surface area (Å²) in [4.78, 5) is 23.4. The van der Waals surface area contributed by atoms with E-state index in [1.54, 1.807) is 5.38 Å². The van der Waals surface area contributed by atoms with Crippen LogP contribution in [0.2, 0.25) is 0 Å². The summed E-state index contributed by atoms with van der Waals surface area (Å²) in [5.41, 5.74) is 0.663. The van der Waals surface area contributed by atoms with E-state index in [0.717, 1.165) is 23.8 Å². The summed E-state index contributed by atoms with van der Waals surface area (Å²) in [5.74, 6) is -2.28. The van der Waals surface area contributed by atoms with Gasteiger partial charge in [-0.25, -0.2) is 9.18 Å². The first-order valence-corrected chi connectivity index (χ1v) is 6.81. The average Bonchev–Trinajstić information content (AvgIpc) is 2.89. The van der Waals surface area contributed by atoms with Crippen LogP contribution in [0.1, 0.15) is 32.5 Å². The third kappa shape index (κ3) is 2.85. The summed E-state index contributed by atoms with van der Waals surface area (Å²) in [6.07, 6.45) is 0.698. The molecule has 0 saturated heterocycles. The number of nitrogens with one attached hydrogen (secondary N) is 1. The molecule has 0 saturated carbocycles. The number of aryl methyl sites for hydroxylation is 1. The Morgan fingerprint density at radius 3 is 2.75 bits per heavy atom. The van der Waals surface area contributed by atoms with Gasteiger partial charge < -0.3 is 10.4 Å². The van der Waals surface area contributed by atoms with E-state index in [9.17, 15) is 14.0 Å². The second-order valence-corrected chi connectivity index (χ2v) is 5.00. The maximum atomic E-state index is 13.6. The van der Waals surface area contributed by atoms with Crippen LogP contribution >= 0.6 is 11.3 Å². The largest absolute Gasteiger partial charge is 0.478 e. The molecule has 6 heteroatoms. The van der Waals surface area contributed by atoms with Gasteiger partial charge in [0.2, 0.25) is 0 Å². The molecule has 0 radical (unpaired) electrons. The summed E-state index contributed by atoms with van der Waals surface area (Å²) in [6, 6.07) is 5.11. The van der Waals surface area contributed by atoms with Gasteiger partial charge in [0.15, 0.2) is 0 Å². The third-order valence-corrected chi connectivity index (χ3v) is 3.75. The minimum absolute atomic E-state index is 0.0800. The van der Waals surface area contributed by atoms with Crippen molar-refractivity contribution in [2.75, 3.05) is 5.32 Å². The number of carboxylic acids is 1. The fourth-order valence-electron chi connectivity index (χ4n) is 1.75. The molecule has 4 nitrogen and oxygen atoms in total. The van der Waals surface area contributed by atoms with Crippen LogP contribution in [-0.4, -0.2) is 17.0 Å². The van der Waals surface area contributed by atoms with Gasteiger partial charge in [0.05, 0.1) is 16.1 Å². The molecular formula is C14H12FNO3S. The predicted molar refractivity (Wildman–Crippen MR) is 75.0 cm³/mol. The van der Waals surface area contributed by atoms with Gasteiger partial charge in [0, 0.05) is 0 Å². The number of amides is 1. The summed E-state index contributed by atoms with van der Waals surface area (Å²) in [7, 11) is 0. The highest BCUT2D eigenvalue weighted by atomic mass is 32.1.